The normalized spacial score (nSPS) is 12.2. The van der Waals surface area contributed by atoms with E-state index < -0.39 is 12.1 Å². The second-order valence-corrected chi connectivity index (χ2v) is 3.36. The van der Waals surface area contributed by atoms with Crippen molar-refractivity contribution in [3.8, 4) is 5.75 Å². The summed E-state index contributed by atoms with van der Waals surface area (Å²) in [4.78, 5) is 11.3. The lowest BCUT2D eigenvalue weighted by molar-refractivity contribution is 0.0597. The van der Waals surface area contributed by atoms with Gasteiger partial charge < -0.3 is 20.7 Å². The number of carbonyl (C=O) groups excluding carboxylic acids is 1. The third-order valence-electron chi connectivity index (χ3n) is 2.25. The van der Waals surface area contributed by atoms with Crippen LogP contribution in [0.25, 0.3) is 0 Å². The van der Waals surface area contributed by atoms with Crippen LogP contribution in [0.2, 0.25) is 0 Å². The van der Waals surface area contributed by atoms with Crippen LogP contribution >= 0.6 is 0 Å². The van der Waals surface area contributed by atoms with Crippen molar-refractivity contribution in [3.05, 3.63) is 29.3 Å². The van der Waals surface area contributed by atoms with E-state index in [1.807, 2.05) is 0 Å². The van der Waals surface area contributed by atoms with Crippen molar-refractivity contribution in [1.29, 1.82) is 0 Å². The molecular formula is C11H15NO4. The molecule has 1 atom stereocenters. The summed E-state index contributed by atoms with van der Waals surface area (Å²) in [5.74, 6) is -0.810. The standard InChI is InChI=1S/C11H15NO4/c1-16-11(15)8-6-7(2-3-10(8)14)9(13)4-5-12/h2-3,6,9,13-14H,4-5,12H2,1H3/t9-/m0/s1. The molecule has 0 fully saturated rings. The Labute approximate surface area is 93.5 Å². The van der Waals surface area contributed by atoms with E-state index in [0.717, 1.165) is 0 Å². The van der Waals surface area contributed by atoms with Crippen molar-refractivity contribution in [2.75, 3.05) is 13.7 Å². The molecule has 0 amide bonds. The lowest BCUT2D eigenvalue weighted by atomic mass is 10.0. The maximum absolute atomic E-state index is 11.3. The number of aliphatic hydroxyl groups excluding tert-OH is 1. The van der Waals surface area contributed by atoms with E-state index in [0.29, 0.717) is 18.5 Å². The van der Waals surface area contributed by atoms with E-state index in [2.05, 4.69) is 4.74 Å². The molecule has 0 aliphatic heterocycles. The first-order chi connectivity index (χ1) is 7.60. The maximum Gasteiger partial charge on any atom is 0.341 e. The minimum Gasteiger partial charge on any atom is -0.507 e. The van der Waals surface area contributed by atoms with Gasteiger partial charge in [0.1, 0.15) is 11.3 Å². The largest absolute Gasteiger partial charge is 0.507 e. The Morgan fingerprint density at radius 2 is 2.25 bits per heavy atom. The van der Waals surface area contributed by atoms with E-state index in [9.17, 15) is 15.0 Å². The van der Waals surface area contributed by atoms with Gasteiger partial charge in [0.2, 0.25) is 0 Å². The number of hydrogen-bond acceptors (Lipinski definition) is 5. The third-order valence-corrected chi connectivity index (χ3v) is 2.25. The van der Waals surface area contributed by atoms with Crippen LogP contribution in [-0.2, 0) is 4.74 Å². The van der Waals surface area contributed by atoms with Gasteiger partial charge in [-0.2, -0.15) is 0 Å². The molecule has 0 radical (unpaired) electrons. The van der Waals surface area contributed by atoms with E-state index in [4.69, 9.17) is 5.73 Å². The Kier molecular flexibility index (Phi) is 4.28. The maximum atomic E-state index is 11.3. The molecule has 1 aromatic rings. The van der Waals surface area contributed by atoms with Gasteiger partial charge in [0.25, 0.3) is 0 Å². The van der Waals surface area contributed by atoms with E-state index in [1.165, 1.54) is 19.2 Å². The van der Waals surface area contributed by atoms with Gasteiger partial charge in [0.05, 0.1) is 13.2 Å². The van der Waals surface area contributed by atoms with Gasteiger partial charge in [-0.05, 0) is 30.7 Å². The number of methoxy groups -OCH3 is 1. The lowest BCUT2D eigenvalue weighted by Gasteiger charge is -2.11. The number of phenolic OH excluding ortho intramolecular Hbond substituents is 1. The first kappa shape index (κ1) is 12.5. The number of rotatable bonds is 4. The number of hydrogen-bond donors (Lipinski definition) is 3. The first-order valence-electron chi connectivity index (χ1n) is 4.89. The number of carbonyl (C=O) groups is 1. The van der Waals surface area contributed by atoms with Gasteiger partial charge in [0, 0.05) is 0 Å². The molecule has 0 aliphatic carbocycles. The fraction of sp³-hybridized carbons (Fsp3) is 0.364. The molecule has 0 saturated carbocycles. The fourth-order valence-electron chi connectivity index (χ4n) is 1.36. The van der Waals surface area contributed by atoms with Crippen LogP contribution in [0.5, 0.6) is 5.75 Å². The van der Waals surface area contributed by atoms with Gasteiger partial charge in [0.15, 0.2) is 0 Å². The Morgan fingerprint density at radius 3 is 2.81 bits per heavy atom. The Bertz CT molecular complexity index is 378. The van der Waals surface area contributed by atoms with Crippen molar-refractivity contribution >= 4 is 5.97 Å². The summed E-state index contributed by atoms with van der Waals surface area (Å²) < 4.78 is 4.51. The van der Waals surface area contributed by atoms with E-state index >= 15 is 0 Å². The molecule has 5 heteroatoms. The van der Waals surface area contributed by atoms with Crippen LogP contribution < -0.4 is 5.73 Å². The van der Waals surface area contributed by atoms with Gasteiger partial charge >= 0.3 is 5.97 Å². The topological polar surface area (TPSA) is 92.8 Å². The summed E-state index contributed by atoms with van der Waals surface area (Å²) in [5, 5.41) is 19.1. The van der Waals surface area contributed by atoms with Crippen LogP contribution in [0, 0.1) is 0 Å². The van der Waals surface area contributed by atoms with Crippen LogP contribution in [-0.4, -0.2) is 29.8 Å². The smallest absolute Gasteiger partial charge is 0.341 e. The quantitative estimate of drug-likeness (QED) is 0.651. The van der Waals surface area contributed by atoms with Gasteiger partial charge in [-0.3, -0.25) is 0 Å². The number of nitrogens with two attached hydrogens (primary N) is 1. The van der Waals surface area contributed by atoms with Gasteiger partial charge in [-0.1, -0.05) is 6.07 Å². The Balaban J connectivity index is 3.02. The number of phenols is 1. The molecule has 5 nitrogen and oxygen atoms in total. The van der Waals surface area contributed by atoms with Crippen LogP contribution in [0.4, 0.5) is 0 Å². The van der Waals surface area contributed by atoms with E-state index in [-0.39, 0.29) is 11.3 Å². The number of esters is 1. The summed E-state index contributed by atoms with van der Waals surface area (Å²) in [7, 11) is 1.23. The zero-order valence-electron chi connectivity index (χ0n) is 9.01. The summed E-state index contributed by atoms with van der Waals surface area (Å²) in [6.07, 6.45) is -0.347. The Morgan fingerprint density at radius 1 is 1.56 bits per heavy atom. The number of ether oxygens (including phenoxy) is 1. The fourth-order valence-corrected chi connectivity index (χ4v) is 1.36. The number of aromatic hydroxyl groups is 1. The zero-order valence-corrected chi connectivity index (χ0v) is 9.01. The minimum atomic E-state index is -0.742. The molecule has 88 valence electrons. The zero-order chi connectivity index (χ0) is 12.1. The van der Waals surface area contributed by atoms with Crippen molar-refractivity contribution < 1.29 is 19.7 Å². The Hall–Kier alpha value is -1.59. The van der Waals surface area contributed by atoms with Crippen molar-refractivity contribution in [2.45, 2.75) is 12.5 Å². The molecule has 0 unspecified atom stereocenters. The van der Waals surface area contributed by atoms with Crippen LogP contribution in [0.1, 0.15) is 28.4 Å². The highest BCUT2D eigenvalue weighted by molar-refractivity contribution is 5.92. The molecule has 1 rings (SSSR count). The van der Waals surface area contributed by atoms with Gasteiger partial charge in [-0.15, -0.1) is 0 Å². The molecule has 0 aromatic heterocycles. The van der Waals surface area contributed by atoms with Crippen LogP contribution in [0.15, 0.2) is 18.2 Å². The SMILES string of the molecule is COC(=O)c1cc([C@@H](O)CCN)ccc1O. The molecule has 0 saturated heterocycles. The summed E-state index contributed by atoms with van der Waals surface area (Å²) in [6, 6.07) is 4.30. The molecular weight excluding hydrogens is 210 g/mol. The minimum absolute atomic E-state index is 0.0380. The molecule has 0 bridgehead atoms. The monoisotopic (exact) mass is 225 g/mol. The molecule has 1 aromatic carbocycles. The van der Waals surface area contributed by atoms with Crippen molar-refractivity contribution in [1.82, 2.24) is 0 Å². The first-order valence-corrected chi connectivity index (χ1v) is 4.89. The second kappa shape index (κ2) is 5.48. The summed E-state index contributed by atoms with van der Waals surface area (Å²) >= 11 is 0. The highest BCUT2D eigenvalue weighted by atomic mass is 16.5. The lowest BCUT2D eigenvalue weighted by Crippen LogP contribution is -2.08. The predicted molar refractivity (Wildman–Crippen MR) is 58.1 cm³/mol. The molecule has 0 heterocycles. The molecule has 4 N–H and O–H groups in total. The summed E-state index contributed by atoms with van der Waals surface area (Å²) in [6.45, 7) is 0.343. The second-order valence-electron chi connectivity index (χ2n) is 3.36. The molecule has 0 spiro atoms. The summed E-state index contributed by atoms with van der Waals surface area (Å²) in [5.41, 5.74) is 5.89. The highest BCUT2D eigenvalue weighted by Crippen LogP contribution is 2.24. The van der Waals surface area contributed by atoms with Crippen LogP contribution in [0.3, 0.4) is 0 Å². The number of benzene rings is 1. The molecule has 16 heavy (non-hydrogen) atoms. The van der Waals surface area contributed by atoms with Crippen molar-refractivity contribution in [2.24, 2.45) is 5.73 Å². The molecule has 0 aliphatic rings. The van der Waals surface area contributed by atoms with Crippen molar-refractivity contribution in [3.63, 3.8) is 0 Å². The van der Waals surface area contributed by atoms with E-state index in [1.54, 1.807) is 6.07 Å². The predicted octanol–water partition coefficient (Wildman–Crippen LogP) is 0.561. The average Bonchev–Trinajstić information content (AvgIpc) is 2.29. The highest BCUT2D eigenvalue weighted by Gasteiger charge is 2.15. The number of aliphatic hydroxyl groups is 1. The average molecular weight is 225 g/mol. The van der Waals surface area contributed by atoms with Gasteiger partial charge in [-0.25, -0.2) is 4.79 Å². The third kappa shape index (κ3) is 2.71.